The molecule has 0 aliphatic carbocycles. The summed E-state index contributed by atoms with van der Waals surface area (Å²) in [6.45, 7) is 4.20. The highest BCUT2D eigenvalue weighted by Crippen LogP contribution is 2.42. The standard InChI is InChI=1S/C23H18ClN3O3S/c1-12(2)10-17-25-26-23(31-17)27-19(13-6-4-3-5-7-13)18-20(28)15-11-14(24)8-9-16(15)30-21(18)22(27)29/h3-9,11-12,19H,10H2,1-2H3. The van der Waals surface area contributed by atoms with Crippen molar-refractivity contribution < 1.29 is 9.21 Å². The molecule has 1 atom stereocenters. The maximum atomic E-state index is 13.5. The van der Waals surface area contributed by atoms with Gasteiger partial charge in [-0.05, 0) is 29.7 Å². The second-order valence-electron chi connectivity index (χ2n) is 7.88. The molecule has 5 rings (SSSR count). The molecule has 0 radical (unpaired) electrons. The molecule has 8 heteroatoms. The SMILES string of the molecule is CC(C)Cc1nnc(N2C(=O)c3oc4ccc(Cl)cc4c(=O)c3C2c2ccccc2)s1. The van der Waals surface area contributed by atoms with Gasteiger partial charge in [0.15, 0.2) is 5.43 Å². The molecule has 1 aliphatic rings. The molecule has 1 aliphatic heterocycles. The fourth-order valence-corrected chi connectivity index (χ4v) is 5.12. The van der Waals surface area contributed by atoms with Crippen molar-refractivity contribution in [2.24, 2.45) is 5.92 Å². The van der Waals surface area contributed by atoms with E-state index in [4.69, 9.17) is 16.0 Å². The number of amides is 1. The lowest BCUT2D eigenvalue weighted by Crippen LogP contribution is -2.29. The number of fused-ring (bicyclic) bond motifs is 2. The van der Waals surface area contributed by atoms with Crippen LogP contribution in [0.3, 0.4) is 0 Å². The number of benzene rings is 2. The Morgan fingerprint density at radius 2 is 1.90 bits per heavy atom. The maximum Gasteiger partial charge on any atom is 0.297 e. The number of aromatic nitrogens is 2. The molecule has 3 heterocycles. The highest BCUT2D eigenvalue weighted by molar-refractivity contribution is 7.15. The van der Waals surface area contributed by atoms with Crippen LogP contribution in [-0.2, 0) is 6.42 Å². The summed E-state index contributed by atoms with van der Waals surface area (Å²) in [7, 11) is 0. The van der Waals surface area contributed by atoms with Crippen LogP contribution in [-0.4, -0.2) is 16.1 Å². The Hall–Kier alpha value is -3.03. The van der Waals surface area contributed by atoms with Crippen LogP contribution in [0.15, 0.2) is 57.7 Å². The van der Waals surface area contributed by atoms with Crippen molar-refractivity contribution in [2.75, 3.05) is 4.90 Å². The molecule has 2 aromatic carbocycles. The fraction of sp³-hybridized carbons (Fsp3) is 0.217. The lowest BCUT2D eigenvalue weighted by Gasteiger charge is -2.21. The first-order valence-electron chi connectivity index (χ1n) is 9.91. The number of carbonyl (C=O) groups excluding carboxylic acids is 1. The Balaban J connectivity index is 1.74. The zero-order chi connectivity index (χ0) is 21.7. The fourth-order valence-electron chi connectivity index (χ4n) is 3.87. The largest absolute Gasteiger partial charge is 0.450 e. The number of hydrogen-bond acceptors (Lipinski definition) is 6. The van der Waals surface area contributed by atoms with Gasteiger partial charge in [0, 0.05) is 11.4 Å². The van der Waals surface area contributed by atoms with E-state index in [1.165, 1.54) is 16.2 Å². The number of hydrogen-bond donors (Lipinski definition) is 0. The quantitative estimate of drug-likeness (QED) is 0.423. The summed E-state index contributed by atoms with van der Waals surface area (Å²) in [5, 5.41) is 10.6. The minimum absolute atomic E-state index is 0.0364. The van der Waals surface area contributed by atoms with Gasteiger partial charge in [0.25, 0.3) is 5.91 Å². The summed E-state index contributed by atoms with van der Waals surface area (Å²) in [5.41, 5.74) is 1.15. The first kappa shape index (κ1) is 19.9. The van der Waals surface area contributed by atoms with Crippen molar-refractivity contribution in [2.45, 2.75) is 26.3 Å². The van der Waals surface area contributed by atoms with Crippen LogP contribution in [0.5, 0.6) is 0 Å². The molecule has 0 bridgehead atoms. The van der Waals surface area contributed by atoms with Gasteiger partial charge in [-0.1, -0.05) is 67.1 Å². The molecular weight excluding hydrogens is 434 g/mol. The van der Waals surface area contributed by atoms with Crippen molar-refractivity contribution in [3.63, 3.8) is 0 Å². The molecule has 0 N–H and O–H groups in total. The van der Waals surface area contributed by atoms with E-state index in [0.717, 1.165) is 17.0 Å². The van der Waals surface area contributed by atoms with Gasteiger partial charge in [0.1, 0.15) is 10.6 Å². The van der Waals surface area contributed by atoms with Crippen LogP contribution in [0.2, 0.25) is 5.02 Å². The van der Waals surface area contributed by atoms with Gasteiger partial charge in [-0.25, -0.2) is 0 Å². The summed E-state index contributed by atoms with van der Waals surface area (Å²) >= 11 is 7.48. The second-order valence-corrected chi connectivity index (χ2v) is 9.36. The molecule has 0 saturated heterocycles. The number of carbonyl (C=O) groups is 1. The van der Waals surface area contributed by atoms with E-state index in [1.807, 2.05) is 30.3 Å². The van der Waals surface area contributed by atoms with E-state index in [9.17, 15) is 9.59 Å². The van der Waals surface area contributed by atoms with Crippen molar-refractivity contribution in [3.05, 3.63) is 85.7 Å². The van der Waals surface area contributed by atoms with E-state index in [0.29, 0.717) is 32.6 Å². The molecule has 0 fully saturated rings. The van der Waals surface area contributed by atoms with Crippen LogP contribution in [0.25, 0.3) is 11.0 Å². The highest BCUT2D eigenvalue weighted by atomic mass is 35.5. The third-order valence-corrected chi connectivity index (χ3v) is 6.37. The van der Waals surface area contributed by atoms with Crippen LogP contribution in [0, 0.1) is 5.92 Å². The zero-order valence-electron chi connectivity index (χ0n) is 16.8. The highest BCUT2D eigenvalue weighted by Gasteiger charge is 2.45. The van der Waals surface area contributed by atoms with E-state index < -0.39 is 11.9 Å². The van der Waals surface area contributed by atoms with E-state index in [2.05, 4.69) is 24.0 Å². The molecule has 6 nitrogen and oxygen atoms in total. The van der Waals surface area contributed by atoms with Crippen LogP contribution >= 0.6 is 22.9 Å². The summed E-state index contributed by atoms with van der Waals surface area (Å²) in [4.78, 5) is 28.5. The second kappa shape index (κ2) is 7.59. The van der Waals surface area contributed by atoms with Crippen molar-refractivity contribution in [1.82, 2.24) is 10.2 Å². The third kappa shape index (κ3) is 3.34. The zero-order valence-corrected chi connectivity index (χ0v) is 18.4. The van der Waals surface area contributed by atoms with Gasteiger partial charge in [0.2, 0.25) is 10.9 Å². The minimum Gasteiger partial charge on any atom is -0.450 e. The summed E-state index contributed by atoms with van der Waals surface area (Å²) in [5.74, 6) is 0.0508. The Morgan fingerprint density at radius 1 is 1.13 bits per heavy atom. The van der Waals surface area contributed by atoms with Crippen LogP contribution in [0.1, 0.15) is 46.6 Å². The number of anilines is 1. The molecule has 2 aromatic heterocycles. The molecular formula is C23H18ClN3O3S. The average Bonchev–Trinajstić information content (AvgIpc) is 3.31. The van der Waals surface area contributed by atoms with Crippen molar-refractivity contribution in [1.29, 1.82) is 0 Å². The molecule has 0 saturated carbocycles. The lowest BCUT2D eigenvalue weighted by molar-refractivity contribution is 0.0970. The van der Waals surface area contributed by atoms with E-state index in [-0.39, 0.29) is 11.2 Å². The number of halogens is 1. The average molecular weight is 452 g/mol. The molecule has 31 heavy (non-hydrogen) atoms. The van der Waals surface area contributed by atoms with Gasteiger partial charge < -0.3 is 4.42 Å². The van der Waals surface area contributed by atoms with Gasteiger partial charge >= 0.3 is 0 Å². The van der Waals surface area contributed by atoms with Crippen LogP contribution < -0.4 is 10.3 Å². The van der Waals surface area contributed by atoms with Gasteiger partial charge in [0.05, 0.1) is 17.0 Å². The monoisotopic (exact) mass is 451 g/mol. The maximum absolute atomic E-state index is 13.5. The Morgan fingerprint density at radius 3 is 2.65 bits per heavy atom. The Labute approximate surface area is 187 Å². The van der Waals surface area contributed by atoms with Crippen molar-refractivity contribution in [3.8, 4) is 0 Å². The molecule has 156 valence electrons. The third-order valence-electron chi connectivity index (χ3n) is 5.19. The lowest BCUT2D eigenvalue weighted by atomic mass is 9.99. The van der Waals surface area contributed by atoms with Crippen LogP contribution in [0.4, 0.5) is 5.13 Å². The Bertz CT molecular complexity index is 1360. The first-order valence-corrected chi connectivity index (χ1v) is 11.1. The predicted octanol–water partition coefficient (Wildman–Crippen LogP) is 5.25. The molecule has 4 aromatic rings. The van der Waals surface area contributed by atoms with Gasteiger partial charge in [-0.3, -0.25) is 14.5 Å². The molecule has 1 amide bonds. The predicted molar refractivity (Wildman–Crippen MR) is 121 cm³/mol. The van der Waals surface area contributed by atoms with Gasteiger partial charge in [-0.2, -0.15) is 0 Å². The number of rotatable bonds is 4. The molecule has 1 unspecified atom stereocenters. The summed E-state index contributed by atoms with van der Waals surface area (Å²) in [6.07, 6.45) is 0.766. The number of nitrogens with zero attached hydrogens (tertiary/aromatic N) is 3. The molecule has 0 spiro atoms. The van der Waals surface area contributed by atoms with Crippen molar-refractivity contribution >= 4 is 44.9 Å². The topological polar surface area (TPSA) is 76.3 Å². The minimum atomic E-state index is -0.650. The normalized spacial score (nSPS) is 15.8. The summed E-state index contributed by atoms with van der Waals surface area (Å²) < 4.78 is 5.93. The Kier molecular flexibility index (Phi) is 4.87. The van der Waals surface area contributed by atoms with E-state index in [1.54, 1.807) is 18.2 Å². The smallest absolute Gasteiger partial charge is 0.297 e. The van der Waals surface area contributed by atoms with E-state index >= 15 is 0 Å². The van der Waals surface area contributed by atoms with Gasteiger partial charge in [-0.15, -0.1) is 10.2 Å². The first-order chi connectivity index (χ1) is 14.9. The summed E-state index contributed by atoms with van der Waals surface area (Å²) in [6, 6.07) is 13.6.